The number of carbonyl (C=O) groups is 1. The topological polar surface area (TPSA) is 89.7 Å². The molecule has 0 radical (unpaired) electrons. The van der Waals surface area contributed by atoms with Crippen LogP contribution in [0.4, 0.5) is 0 Å². The molecule has 0 fully saturated rings. The van der Waals surface area contributed by atoms with E-state index in [1.807, 2.05) is 0 Å². The quantitative estimate of drug-likeness (QED) is 0.742. The summed E-state index contributed by atoms with van der Waals surface area (Å²) in [4.78, 5) is 11.4. The van der Waals surface area contributed by atoms with Crippen LogP contribution < -0.4 is 0 Å². The first kappa shape index (κ1) is 15.6. The van der Waals surface area contributed by atoms with Crippen molar-refractivity contribution in [1.29, 1.82) is 0 Å². The number of hydrogen-bond donors (Lipinski definition) is 0. The first-order valence-corrected chi connectivity index (χ1v) is 7.12. The van der Waals surface area contributed by atoms with Gasteiger partial charge in [0, 0.05) is 13.6 Å². The third-order valence-corrected chi connectivity index (χ3v) is 4.84. The van der Waals surface area contributed by atoms with Crippen molar-refractivity contribution in [2.45, 2.75) is 25.7 Å². The lowest BCUT2D eigenvalue weighted by molar-refractivity contribution is -0.144. The Kier molecular flexibility index (Phi) is 4.70. The number of aromatic nitrogens is 1. The molecule has 0 N–H and O–H groups in total. The van der Waals surface area contributed by atoms with E-state index in [-0.39, 0.29) is 17.2 Å². The van der Waals surface area contributed by atoms with Gasteiger partial charge in [0.05, 0.1) is 13.0 Å². The Morgan fingerprint density at radius 2 is 2.05 bits per heavy atom. The molecule has 0 spiro atoms. The zero-order valence-electron chi connectivity index (χ0n) is 11.6. The van der Waals surface area contributed by atoms with Gasteiger partial charge in [0.2, 0.25) is 10.0 Å². The SMILES string of the molecule is COC(=O)[C@@H](C)CN(C)S(=O)(=O)c1c(C)noc1C. The number of ether oxygens (including phenoxy) is 1. The van der Waals surface area contributed by atoms with Gasteiger partial charge in [-0.15, -0.1) is 0 Å². The van der Waals surface area contributed by atoms with Crippen LogP contribution in [0.2, 0.25) is 0 Å². The van der Waals surface area contributed by atoms with Gasteiger partial charge in [-0.1, -0.05) is 12.1 Å². The molecule has 0 aromatic carbocycles. The van der Waals surface area contributed by atoms with Gasteiger partial charge in [0.1, 0.15) is 10.6 Å². The van der Waals surface area contributed by atoms with Crippen LogP contribution in [0.1, 0.15) is 18.4 Å². The fourth-order valence-electron chi connectivity index (χ4n) is 1.76. The van der Waals surface area contributed by atoms with Gasteiger partial charge >= 0.3 is 5.97 Å². The Labute approximate surface area is 112 Å². The number of sulfonamides is 1. The lowest BCUT2D eigenvalue weighted by Gasteiger charge is -2.19. The normalized spacial score (nSPS) is 13.6. The lowest BCUT2D eigenvalue weighted by atomic mass is 10.2. The summed E-state index contributed by atoms with van der Waals surface area (Å²) < 4.78 is 35.2. The minimum Gasteiger partial charge on any atom is -0.469 e. The number of aryl methyl sites for hydroxylation is 2. The molecule has 1 aromatic rings. The summed E-state index contributed by atoms with van der Waals surface area (Å²) >= 11 is 0. The maximum Gasteiger partial charge on any atom is 0.309 e. The molecule has 1 heterocycles. The molecule has 0 saturated heterocycles. The Bertz CT molecular complexity index is 544. The van der Waals surface area contributed by atoms with Gasteiger partial charge in [-0.25, -0.2) is 8.42 Å². The summed E-state index contributed by atoms with van der Waals surface area (Å²) in [6, 6.07) is 0. The van der Waals surface area contributed by atoms with E-state index in [0.717, 1.165) is 4.31 Å². The molecule has 1 aromatic heterocycles. The molecule has 1 atom stereocenters. The summed E-state index contributed by atoms with van der Waals surface area (Å²) in [7, 11) is -1.06. The highest BCUT2D eigenvalue weighted by Gasteiger charge is 2.30. The molecule has 1 rings (SSSR count). The largest absolute Gasteiger partial charge is 0.469 e. The molecule has 0 aliphatic rings. The van der Waals surface area contributed by atoms with Crippen molar-refractivity contribution in [3.8, 4) is 0 Å². The molecular weight excluding hydrogens is 272 g/mol. The van der Waals surface area contributed by atoms with E-state index in [4.69, 9.17) is 4.52 Å². The van der Waals surface area contributed by atoms with E-state index in [1.54, 1.807) is 13.8 Å². The molecule has 8 heteroatoms. The first-order valence-electron chi connectivity index (χ1n) is 5.68. The standard InChI is InChI=1S/C11H18N2O5S/c1-7(11(14)17-5)6-13(4)19(15,16)10-8(2)12-18-9(10)3/h7H,6H2,1-5H3/t7-/m0/s1. The van der Waals surface area contributed by atoms with Crippen LogP contribution in [-0.4, -0.2) is 44.6 Å². The number of rotatable bonds is 5. The van der Waals surface area contributed by atoms with E-state index in [0.29, 0.717) is 5.69 Å². The van der Waals surface area contributed by atoms with Gasteiger partial charge in [-0.3, -0.25) is 4.79 Å². The van der Waals surface area contributed by atoms with Crippen LogP contribution in [0.25, 0.3) is 0 Å². The molecule has 0 bridgehead atoms. The smallest absolute Gasteiger partial charge is 0.309 e. The Morgan fingerprint density at radius 3 is 2.47 bits per heavy atom. The monoisotopic (exact) mass is 290 g/mol. The van der Waals surface area contributed by atoms with Crippen LogP contribution in [0.3, 0.4) is 0 Å². The minimum atomic E-state index is -3.72. The van der Waals surface area contributed by atoms with Gasteiger partial charge in [0.15, 0.2) is 5.76 Å². The average Bonchev–Trinajstić information content (AvgIpc) is 2.68. The van der Waals surface area contributed by atoms with Gasteiger partial charge in [-0.05, 0) is 13.8 Å². The number of hydrogen-bond acceptors (Lipinski definition) is 6. The molecule has 0 saturated carbocycles. The third-order valence-electron chi connectivity index (χ3n) is 2.77. The number of nitrogens with zero attached hydrogens (tertiary/aromatic N) is 2. The molecule has 7 nitrogen and oxygen atoms in total. The van der Waals surface area contributed by atoms with Crippen molar-refractivity contribution < 1.29 is 22.5 Å². The van der Waals surface area contributed by atoms with Gasteiger partial charge in [0.25, 0.3) is 0 Å². The lowest BCUT2D eigenvalue weighted by Crippen LogP contribution is -2.34. The van der Waals surface area contributed by atoms with E-state index >= 15 is 0 Å². The first-order chi connectivity index (χ1) is 8.71. The fraction of sp³-hybridized carbons (Fsp3) is 0.636. The molecule has 0 unspecified atom stereocenters. The average molecular weight is 290 g/mol. The van der Waals surface area contributed by atoms with E-state index in [9.17, 15) is 13.2 Å². The van der Waals surface area contributed by atoms with E-state index < -0.39 is 21.9 Å². The van der Waals surface area contributed by atoms with Crippen molar-refractivity contribution in [3.63, 3.8) is 0 Å². The molecular formula is C11H18N2O5S. The van der Waals surface area contributed by atoms with Gasteiger partial charge < -0.3 is 9.26 Å². The number of esters is 1. The summed E-state index contributed by atoms with van der Waals surface area (Å²) in [6.07, 6.45) is 0. The van der Waals surface area contributed by atoms with E-state index in [2.05, 4.69) is 9.89 Å². The minimum absolute atomic E-state index is 0.0269. The van der Waals surface area contributed by atoms with E-state index in [1.165, 1.54) is 21.1 Å². The zero-order valence-corrected chi connectivity index (χ0v) is 12.4. The third kappa shape index (κ3) is 3.13. The fourth-order valence-corrected chi connectivity index (χ4v) is 3.30. The van der Waals surface area contributed by atoms with Crippen molar-refractivity contribution >= 4 is 16.0 Å². The highest BCUT2D eigenvalue weighted by atomic mass is 32.2. The predicted octanol–water partition coefficient (Wildman–Crippen LogP) is 0.721. The second kappa shape index (κ2) is 5.70. The highest BCUT2D eigenvalue weighted by Crippen LogP contribution is 2.22. The molecule has 108 valence electrons. The zero-order chi connectivity index (χ0) is 14.8. The Balaban J connectivity index is 2.99. The second-order valence-electron chi connectivity index (χ2n) is 4.36. The molecule has 0 aliphatic heterocycles. The number of carbonyl (C=O) groups excluding carboxylic acids is 1. The summed E-state index contributed by atoms with van der Waals surface area (Å²) in [6.45, 7) is 4.72. The second-order valence-corrected chi connectivity index (χ2v) is 6.34. The summed E-state index contributed by atoms with van der Waals surface area (Å²) in [5.74, 6) is -0.777. The Morgan fingerprint density at radius 1 is 1.47 bits per heavy atom. The van der Waals surface area contributed by atoms with Crippen LogP contribution in [0, 0.1) is 19.8 Å². The van der Waals surface area contributed by atoms with Crippen molar-refractivity contribution in [3.05, 3.63) is 11.5 Å². The maximum absolute atomic E-state index is 12.4. The number of methoxy groups -OCH3 is 1. The van der Waals surface area contributed by atoms with Crippen LogP contribution in [0.15, 0.2) is 9.42 Å². The molecule has 0 amide bonds. The van der Waals surface area contributed by atoms with Gasteiger partial charge in [-0.2, -0.15) is 4.31 Å². The Hall–Kier alpha value is -1.41. The van der Waals surface area contributed by atoms with Crippen LogP contribution >= 0.6 is 0 Å². The highest BCUT2D eigenvalue weighted by molar-refractivity contribution is 7.89. The maximum atomic E-state index is 12.4. The summed E-state index contributed by atoms with van der Waals surface area (Å²) in [5, 5.41) is 3.62. The predicted molar refractivity (Wildman–Crippen MR) is 67.0 cm³/mol. The van der Waals surface area contributed by atoms with Crippen LogP contribution in [0.5, 0.6) is 0 Å². The van der Waals surface area contributed by atoms with Crippen molar-refractivity contribution in [1.82, 2.24) is 9.46 Å². The molecule has 19 heavy (non-hydrogen) atoms. The van der Waals surface area contributed by atoms with Crippen molar-refractivity contribution in [2.75, 3.05) is 20.7 Å². The molecule has 0 aliphatic carbocycles. The van der Waals surface area contributed by atoms with Crippen LogP contribution in [-0.2, 0) is 19.6 Å². The van der Waals surface area contributed by atoms with Crippen molar-refractivity contribution in [2.24, 2.45) is 5.92 Å². The summed E-state index contributed by atoms with van der Waals surface area (Å²) in [5.41, 5.74) is 0.301.